The van der Waals surface area contributed by atoms with E-state index in [1.165, 1.54) is 0 Å². The van der Waals surface area contributed by atoms with Gasteiger partial charge >= 0.3 is 12.1 Å². The van der Waals surface area contributed by atoms with Crippen molar-refractivity contribution in [3.8, 4) is 0 Å². The Kier molecular flexibility index (Phi) is 13.5. The molecule has 0 aromatic heterocycles. The lowest BCUT2D eigenvalue weighted by Gasteiger charge is -2.72. The van der Waals surface area contributed by atoms with Crippen LogP contribution in [0, 0.1) is 45.8 Å². The van der Waals surface area contributed by atoms with Crippen LogP contribution in [0.5, 0.6) is 0 Å². The number of rotatable bonds is 11. The van der Waals surface area contributed by atoms with Crippen molar-refractivity contribution in [3.05, 3.63) is 0 Å². The van der Waals surface area contributed by atoms with E-state index in [1.807, 2.05) is 34.6 Å². The summed E-state index contributed by atoms with van der Waals surface area (Å²) >= 11 is 0. The largest absolute Gasteiger partial charge is 0.462 e. The van der Waals surface area contributed by atoms with Crippen molar-refractivity contribution in [2.45, 2.75) is 241 Å². The average molecular weight is 876 g/mol. The number of hydrogen-bond donors (Lipinski definition) is 0. The first-order valence-corrected chi connectivity index (χ1v) is 29.5. The first kappa shape index (κ1) is 49.7. The van der Waals surface area contributed by atoms with E-state index in [0.29, 0.717) is 56.4 Å². The second-order valence-corrected chi connectivity index (χ2v) is 35.5. The molecule has 346 valence electrons. The molecule has 9 nitrogen and oxygen atoms in total. The summed E-state index contributed by atoms with van der Waals surface area (Å²) in [6, 6.07) is 0. The summed E-state index contributed by atoms with van der Waals surface area (Å²) in [7, 11) is -4.31. The summed E-state index contributed by atoms with van der Waals surface area (Å²) in [5, 5.41) is 0.147. The molecule has 0 aromatic carbocycles. The molecule has 5 rings (SSSR count). The number of ether oxygens (including phenoxy) is 3. The first-order valence-electron chi connectivity index (χ1n) is 23.7. The molecule has 11 heteroatoms. The van der Waals surface area contributed by atoms with Gasteiger partial charge in [-0.1, -0.05) is 76.2 Å². The zero-order valence-electron chi connectivity index (χ0n) is 42.0. The van der Waals surface area contributed by atoms with Crippen LogP contribution in [0.15, 0.2) is 0 Å². The summed E-state index contributed by atoms with van der Waals surface area (Å²) in [6.45, 7) is 45.3. The van der Waals surface area contributed by atoms with E-state index in [2.05, 4.69) is 102 Å². The highest BCUT2D eigenvalue weighted by molar-refractivity contribution is 6.74. The van der Waals surface area contributed by atoms with E-state index in [4.69, 9.17) is 23.1 Å². The molecule has 0 radical (unpaired) electrons. The number of carbonyl (C=O) groups excluding carboxylic acids is 3. The lowest BCUT2D eigenvalue weighted by atomic mass is 9.35. The van der Waals surface area contributed by atoms with Gasteiger partial charge in [0.15, 0.2) is 16.6 Å². The molecular formula is C49H89NO8Si2. The Bertz CT molecular complexity index is 1610. The predicted octanol–water partition coefficient (Wildman–Crippen LogP) is 12.3. The van der Waals surface area contributed by atoms with Gasteiger partial charge in [0.25, 0.3) is 0 Å². The number of nitrogens with zero attached hydrogens (tertiary/aromatic N) is 1. The van der Waals surface area contributed by atoms with Crippen LogP contribution in [-0.2, 0) is 32.7 Å². The van der Waals surface area contributed by atoms with Crippen LogP contribution in [0.4, 0.5) is 4.79 Å². The number of esters is 1. The van der Waals surface area contributed by atoms with Gasteiger partial charge in [-0.2, -0.15) is 0 Å². The van der Waals surface area contributed by atoms with Crippen LogP contribution in [0.25, 0.3) is 0 Å². The Balaban J connectivity index is 1.41. The highest BCUT2D eigenvalue weighted by Gasteiger charge is 2.73. The lowest BCUT2D eigenvalue weighted by molar-refractivity contribution is -0.284. The molecule has 2 unspecified atom stereocenters. The normalized spacial score (nSPS) is 37.8. The molecule has 12 atom stereocenters. The Morgan fingerprint density at radius 1 is 0.867 bits per heavy atom. The van der Waals surface area contributed by atoms with E-state index < -0.39 is 38.8 Å². The van der Waals surface area contributed by atoms with E-state index in [-0.39, 0.29) is 69.6 Å². The van der Waals surface area contributed by atoms with Gasteiger partial charge in [-0.15, -0.1) is 0 Å². The molecule has 1 amide bonds. The van der Waals surface area contributed by atoms with E-state index in [0.717, 1.165) is 25.7 Å². The standard InChI is InChI=1S/C49H89NO8Si2/c1-31(24-34-30-50(46(12,13)55-34)42(53)56-43(3,4)5)23-33(51)21-22-48(15)39-28-47(14)36-25-32(2)26-37(57-59(17,18)44(6,7)8)35(36)27-38(58-60(19,20)45(9,10)11)41(47)49(48,16)29-40(52)54-39/h31-32,34-39,41H,21-30H2,1-20H3/t31-,32?,34-,35+,36-,37?,38-,39-,41+,47+,48-,49+/m1/s1. The molecule has 5 fully saturated rings. The maximum absolute atomic E-state index is 14.0. The zero-order valence-corrected chi connectivity index (χ0v) is 44.0. The first-order chi connectivity index (χ1) is 27.0. The fraction of sp³-hybridized carbons (Fsp3) is 0.939. The fourth-order valence-electron chi connectivity index (χ4n) is 12.3. The molecule has 2 bridgehead atoms. The molecule has 2 saturated heterocycles. The highest BCUT2D eigenvalue weighted by Crippen LogP contribution is 2.73. The number of carbonyl (C=O) groups is 3. The summed E-state index contributed by atoms with van der Waals surface area (Å²) in [6.07, 6.45) is 5.92. The summed E-state index contributed by atoms with van der Waals surface area (Å²) in [5.74, 6) is 1.70. The fourth-order valence-corrected chi connectivity index (χ4v) is 15.0. The van der Waals surface area contributed by atoms with Gasteiger partial charge in [-0.25, -0.2) is 4.79 Å². The van der Waals surface area contributed by atoms with Crippen molar-refractivity contribution < 1.29 is 37.4 Å². The van der Waals surface area contributed by atoms with E-state index in [9.17, 15) is 14.4 Å². The minimum atomic E-state index is -2.25. The Hall–Kier alpha value is -1.28. The van der Waals surface area contributed by atoms with Gasteiger partial charge in [-0.05, 0) is 150 Å². The maximum atomic E-state index is 14.0. The third-order valence-corrected chi connectivity index (χ3v) is 26.6. The summed E-state index contributed by atoms with van der Waals surface area (Å²) < 4.78 is 33.7. The quantitative estimate of drug-likeness (QED) is 0.149. The smallest absolute Gasteiger partial charge is 0.412 e. The lowest BCUT2D eigenvalue weighted by Crippen LogP contribution is -2.72. The molecule has 2 aliphatic heterocycles. The zero-order chi connectivity index (χ0) is 45.6. The molecule has 3 saturated carbocycles. The van der Waals surface area contributed by atoms with Crippen molar-refractivity contribution in [2.24, 2.45) is 45.8 Å². The third kappa shape index (κ3) is 9.56. The Labute approximate surface area is 368 Å². The van der Waals surface area contributed by atoms with Gasteiger partial charge in [0, 0.05) is 30.5 Å². The highest BCUT2D eigenvalue weighted by atomic mass is 28.4. The van der Waals surface area contributed by atoms with Crippen molar-refractivity contribution in [1.82, 2.24) is 4.90 Å². The molecule has 0 aromatic rings. The molecule has 0 spiro atoms. The van der Waals surface area contributed by atoms with Crippen molar-refractivity contribution in [1.29, 1.82) is 0 Å². The number of amides is 1. The minimum absolute atomic E-state index is 0.0149. The van der Waals surface area contributed by atoms with E-state index >= 15 is 0 Å². The monoisotopic (exact) mass is 876 g/mol. The molecule has 2 heterocycles. The van der Waals surface area contributed by atoms with Crippen LogP contribution >= 0.6 is 0 Å². The minimum Gasteiger partial charge on any atom is -0.462 e. The van der Waals surface area contributed by atoms with Gasteiger partial charge in [0.2, 0.25) is 0 Å². The summed E-state index contributed by atoms with van der Waals surface area (Å²) in [4.78, 5) is 42.5. The van der Waals surface area contributed by atoms with Crippen LogP contribution in [-0.4, -0.2) is 81.7 Å². The topological polar surface area (TPSA) is 101 Å². The predicted molar refractivity (Wildman–Crippen MR) is 246 cm³/mol. The van der Waals surface area contributed by atoms with Crippen LogP contribution in [0.1, 0.15) is 169 Å². The van der Waals surface area contributed by atoms with Gasteiger partial charge in [0.05, 0.1) is 19.1 Å². The third-order valence-electron chi connectivity index (χ3n) is 17.6. The molecule has 0 N–H and O–H groups in total. The maximum Gasteiger partial charge on any atom is 0.412 e. The second-order valence-electron chi connectivity index (χ2n) is 26.0. The van der Waals surface area contributed by atoms with Crippen molar-refractivity contribution in [3.63, 3.8) is 0 Å². The second kappa shape index (κ2) is 16.3. The Morgan fingerprint density at radius 2 is 1.43 bits per heavy atom. The number of hydrogen-bond acceptors (Lipinski definition) is 8. The Morgan fingerprint density at radius 3 is 1.98 bits per heavy atom. The van der Waals surface area contributed by atoms with Gasteiger partial charge in [0.1, 0.15) is 23.2 Å². The number of Topliss-reactive ketones (excluding diaryl/α,β-unsaturated/α-hetero) is 1. The average Bonchev–Trinajstić information content (AvgIpc) is 3.33. The van der Waals surface area contributed by atoms with Gasteiger partial charge < -0.3 is 23.1 Å². The van der Waals surface area contributed by atoms with Crippen LogP contribution in [0.3, 0.4) is 0 Å². The SMILES string of the molecule is CC1CC(O[Si](C)(C)C(C)(C)C)[C@H]2C[C@@H](O[Si](C)(C)C(C)(C)C)[C@H]3[C@@](C)(C[C@H]4OC(=O)C[C@]3(C)[C@]4(C)CCC(=O)C[C@@H](C)C[C@@H]3CN(C(=O)OC(C)(C)C)C(C)(C)O3)[C@@H]2C1. The molecule has 3 aliphatic carbocycles. The summed E-state index contributed by atoms with van der Waals surface area (Å²) in [5.41, 5.74) is -2.32. The van der Waals surface area contributed by atoms with Crippen LogP contribution in [0.2, 0.25) is 36.3 Å². The van der Waals surface area contributed by atoms with E-state index in [1.54, 1.807) is 4.90 Å². The number of ketones is 1. The number of fused-ring (bicyclic) bond motifs is 6. The van der Waals surface area contributed by atoms with Gasteiger partial charge in [-0.3, -0.25) is 14.5 Å². The van der Waals surface area contributed by atoms with Crippen molar-refractivity contribution >= 4 is 34.5 Å². The van der Waals surface area contributed by atoms with Crippen LogP contribution < -0.4 is 0 Å². The molecular weight excluding hydrogens is 787 g/mol. The molecule has 60 heavy (non-hydrogen) atoms. The molecule has 5 aliphatic rings. The van der Waals surface area contributed by atoms with Crippen molar-refractivity contribution in [2.75, 3.05) is 6.54 Å².